The molecule has 0 saturated heterocycles. The first-order valence-electron chi connectivity index (χ1n) is 9.74. The average molecular weight is 493 g/mol. The second-order valence-corrected chi connectivity index (χ2v) is 6.97. The number of nitrogens with one attached hydrogen (secondary N) is 2. The van der Waals surface area contributed by atoms with E-state index in [1.165, 1.54) is 49.7 Å². The van der Waals surface area contributed by atoms with Gasteiger partial charge in [-0.2, -0.15) is 8.78 Å². The third kappa shape index (κ3) is 5.58. The second kappa shape index (κ2) is 9.10. The number of urea groups is 1. The Balaban J connectivity index is 1.36. The first-order chi connectivity index (χ1) is 16.5. The zero-order valence-electron chi connectivity index (χ0n) is 17.7. The molecule has 2 heterocycles. The first-order valence-corrected chi connectivity index (χ1v) is 9.74. The Bertz CT molecular complexity index is 1250. The summed E-state index contributed by atoms with van der Waals surface area (Å²) in [6.45, 7) is 0. The highest BCUT2D eigenvalue weighted by atomic mass is 19.3. The van der Waals surface area contributed by atoms with E-state index in [9.17, 15) is 27.2 Å². The molecule has 13 heteroatoms. The van der Waals surface area contributed by atoms with Crippen LogP contribution in [0.15, 0.2) is 60.8 Å². The molecule has 0 bridgehead atoms. The van der Waals surface area contributed by atoms with E-state index in [1.807, 2.05) is 0 Å². The number of ether oxygens (including phenoxy) is 4. The van der Waals surface area contributed by atoms with Gasteiger partial charge < -0.3 is 24.8 Å². The largest absolute Gasteiger partial charge is 0.540 e. The fourth-order valence-corrected chi connectivity index (χ4v) is 2.98. The summed E-state index contributed by atoms with van der Waals surface area (Å²) in [4.78, 5) is 27.6. The lowest BCUT2D eigenvalue weighted by molar-refractivity contribution is -0.461. The van der Waals surface area contributed by atoms with Crippen LogP contribution in [0.4, 0.5) is 33.7 Å². The highest BCUT2D eigenvalue weighted by Crippen LogP contribution is 2.46. The number of esters is 1. The molecule has 2 N–H and O–H groups in total. The molecule has 0 saturated carbocycles. The van der Waals surface area contributed by atoms with Crippen LogP contribution in [0.3, 0.4) is 0 Å². The number of hydrogen-bond acceptors (Lipinski definition) is 7. The van der Waals surface area contributed by atoms with Crippen molar-refractivity contribution in [3.05, 3.63) is 72.1 Å². The quantitative estimate of drug-likeness (QED) is 0.366. The molecular weight excluding hydrogens is 478 g/mol. The van der Waals surface area contributed by atoms with Crippen LogP contribution in [-0.4, -0.2) is 30.4 Å². The Morgan fingerprint density at radius 3 is 2.23 bits per heavy atom. The predicted molar refractivity (Wildman–Crippen MR) is 112 cm³/mol. The van der Waals surface area contributed by atoms with Crippen LogP contribution in [0.1, 0.15) is 16.1 Å². The fourth-order valence-electron chi connectivity index (χ4n) is 2.98. The topological polar surface area (TPSA) is 108 Å². The molecule has 1 aliphatic rings. The Morgan fingerprint density at radius 2 is 1.57 bits per heavy atom. The van der Waals surface area contributed by atoms with Gasteiger partial charge in [-0.15, -0.1) is 8.78 Å². The van der Waals surface area contributed by atoms with Gasteiger partial charge in [-0.05, 0) is 54.6 Å². The molecule has 0 unspecified atom stereocenters. The number of nitrogens with zero attached hydrogens (tertiary/aromatic N) is 1. The lowest BCUT2D eigenvalue weighted by atomic mass is 10.1. The van der Waals surface area contributed by atoms with Gasteiger partial charge in [0.1, 0.15) is 22.9 Å². The normalized spacial score (nSPS) is 15.2. The highest BCUT2D eigenvalue weighted by molar-refractivity contribution is 5.99. The van der Waals surface area contributed by atoms with Crippen LogP contribution in [0.5, 0.6) is 17.2 Å². The van der Waals surface area contributed by atoms with Crippen LogP contribution < -0.4 is 20.1 Å². The molecule has 4 rings (SSSR count). The number of methoxy groups -OCH3 is 1. The molecule has 35 heavy (non-hydrogen) atoms. The zero-order chi connectivity index (χ0) is 25.2. The van der Waals surface area contributed by atoms with Crippen molar-refractivity contribution in [1.29, 1.82) is 0 Å². The van der Waals surface area contributed by atoms with Crippen molar-refractivity contribution in [1.82, 2.24) is 4.98 Å². The van der Waals surface area contributed by atoms with Gasteiger partial charge in [-0.25, -0.2) is 19.3 Å². The minimum atomic E-state index is -4.48. The maximum atomic E-state index is 13.9. The second-order valence-electron chi connectivity index (χ2n) is 6.97. The first kappa shape index (κ1) is 23.8. The molecule has 0 fully saturated rings. The number of pyridine rings is 1. The summed E-state index contributed by atoms with van der Waals surface area (Å²) in [5, 5.41) is 4.80. The van der Waals surface area contributed by atoms with Crippen molar-refractivity contribution in [3.63, 3.8) is 0 Å². The smallest absolute Gasteiger partial charge is 0.464 e. The van der Waals surface area contributed by atoms with Crippen molar-refractivity contribution in [2.75, 3.05) is 17.7 Å². The maximum absolute atomic E-state index is 13.9. The number of fused-ring (bicyclic) bond motifs is 1. The summed E-state index contributed by atoms with van der Waals surface area (Å²) in [5.74, 6) is -0.608. The van der Waals surface area contributed by atoms with Crippen LogP contribution >= 0.6 is 0 Å². The maximum Gasteiger partial charge on any atom is 0.540 e. The highest BCUT2D eigenvalue weighted by Gasteiger charge is 2.54. The SMILES string of the molecule is COC(=O)c1ccc(Oc2ccc(NC(=O)Nc3ccc4c(c3)C(F)(F)OC(F)(F)O4)cc2)cn1. The van der Waals surface area contributed by atoms with Crippen molar-refractivity contribution in [2.45, 2.75) is 12.4 Å². The Morgan fingerprint density at radius 1 is 0.914 bits per heavy atom. The fraction of sp³-hybridized carbons (Fsp3) is 0.136. The molecule has 1 aliphatic heterocycles. The van der Waals surface area contributed by atoms with E-state index in [1.54, 1.807) is 0 Å². The molecule has 2 amide bonds. The van der Waals surface area contributed by atoms with E-state index in [0.717, 1.165) is 18.2 Å². The molecule has 2 aromatic carbocycles. The van der Waals surface area contributed by atoms with Gasteiger partial charge in [0, 0.05) is 11.4 Å². The predicted octanol–water partition coefficient (Wildman–Crippen LogP) is 5.31. The van der Waals surface area contributed by atoms with Gasteiger partial charge in [0.25, 0.3) is 0 Å². The van der Waals surface area contributed by atoms with Gasteiger partial charge in [0.2, 0.25) is 0 Å². The summed E-state index contributed by atoms with van der Waals surface area (Å²) < 4.78 is 71.6. The number of benzene rings is 2. The van der Waals surface area contributed by atoms with Gasteiger partial charge >= 0.3 is 24.4 Å². The van der Waals surface area contributed by atoms with Crippen LogP contribution in [-0.2, 0) is 15.6 Å². The van der Waals surface area contributed by atoms with E-state index in [4.69, 9.17) is 4.74 Å². The number of rotatable bonds is 5. The minimum Gasteiger partial charge on any atom is -0.464 e. The zero-order valence-corrected chi connectivity index (χ0v) is 17.7. The van der Waals surface area contributed by atoms with Crippen LogP contribution in [0.25, 0.3) is 0 Å². The number of anilines is 2. The number of carbonyl (C=O) groups is 2. The molecule has 0 radical (unpaired) electrons. The lowest BCUT2D eigenvalue weighted by Gasteiger charge is -2.30. The molecule has 9 nitrogen and oxygen atoms in total. The summed E-state index contributed by atoms with van der Waals surface area (Å²) in [7, 11) is 1.24. The van der Waals surface area contributed by atoms with Crippen molar-refractivity contribution in [2.24, 2.45) is 0 Å². The van der Waals surface area contributed by atoms with Crippen molar-refractivity contribution in [3.8, 4) is 17.2 Å². The monoisotopic (exact) mass is 493 g/mol. The molecule has 182 valence electrons. The molecule has 1 aromatic heterocycles. The number of aromatic nitrogens is 1. The molecule has 3 aromatic rings. The van der Waals surface area contributed by atoms with E-state index in [-0.39, 0.29) is 11.4 Å². The molecule has 0 aliphatic carbocycles. The van der Waals surface area contributed by atoms with Gasteiger partial charge in [-0.3, -0.25) is 0 Å². The van der Waals surface area contributed by atoms with Crippen LogP contribution in [0, 0.1) is 0 Å². The number of carbonyl (C=O) groups excluding carboxylic acids is 2. The average Bonchev–Trinajstić information content (AvgIpc) is 2.79. The summed E-state index contributed by atoms with van der Waals surface area (Å²) in [6.07, 6.45) is -7.47. The molecular formula is C22H15F4N3O6. The summed E-state index contributed by atoms with van der Waals surface area (Å²) >= 11 is 0. The minimum absolute atomic E-state index is 0.110. The number of amides is 2. The van der Waals surface area contributed by atoms with Crippen molar-refractivity contribution >= 4 is 23.4 Å². The van der Waals surface area contributed by atoms with Gasteiger partial charge in [0.05, 0.1) is 18.9 Å². The lowest BCUT2D eigenvalue weighted by Crippen LogP contribution is -2.41. The standard InChI is InChI=1S/C22H15F4N3O6/c1-32-19(30)17-8-7-15(11-27-17)33-14-5-2-12(3-6-14)28-20(31)29-13-4-9-18-16(10-13)21(23,24)35-22(25,26)34-18/h2-11H,1H3,(H2,28,29,31). The summed E-state index contributed by atoms with van der Waals surface area (Å²) in [5.41, 5.74) is -0.618. The number of alkyl halides is 4. The van der Waals surface area contributed by atoms with E-state index < -0.39 is 35.7 Å². The third-order valence-corrected chi connectivity index (χ3v) is 4.51. The number of halogens is 4. The molecule has 0 spiro atoms. The van der Waals surface area contributed by atoms with E-state index >= 15 is 0 Å². The van der Waals surface area contributed by atoms with Crippen LogP contribution in [0.2, 0.25) is 0 Å². The Kier molecular flexibility index (Phi) is 6.18. The number of hydrogen-bond donors (Lipinski definition) is 2. The van der Waals surface area contributed by atoms with Crippen molar-refractivity contribution < 1.29 is 46.1 Å². The van der Waals surface area contributed by atoms with E-state index in [2.05, 4.69) is 29.8 Å². The van der Waals surface area contributed by atoms with Gasteiger partial charge in [-0.1, -0.05) is 0 Å². The van der Waals surface area contributed by atoms with Gasteiger partial charge in [0.15, 0.2) is 0 Å². The Labute approximate surface area is 194 Å². The Hall–Kier alpha value is -4.39. The van der Waals surface area contributed by atoms with E-state index in [0.29, 0.717) is 17.2 Å². The third-order valence-electron chi connectivity index (χ3n) is 4.51. The summed E-state index contributed by atoms with van der Waals surface area (Å²) in [6, 6.07) is 11.0. The molecule has 0 atom stereocenters.